The minimum Gasteiger partial charge on any atom is -0.396 e. The Hall–Kier alpha value is -0.600. The summed E-state index contributed by atoms with van der Waals surface area (Å²) in [5, 5.41) is 12.5. The predicted molar refractivity (Wildman–Crippen MR) is 92.6 cm³/mol. The van der Waals surface area contributed by atoms with Crippen molar-refractivity contribution in [1.82, 2.24) is 5.32 Å². The lowest BCUT2D eigenvalue weighted by molar-refractivity contribution is 0.282. The largest absolute Gasteiger partial charge is 0.396 e. The highest BCUT2D eigenvalue weighted by Crippen LogP contribution is 2.21. The van der Waals surface area contributed by atoms with Gasteiger partial charge in [-0.25, -0.2) is 0 Å². The summed E-state index contributed by atoms with van der Waals surface area (Å²) >= 11 is 0. The van der Waals surface area contributed by atoms with Gasteiger partial charge in [-0.1, -0.05) is 76.2 Å². The first-order valence-corrected chi connectivity index (χ1v) is 9.03. The van der Waals surface area contributed by atoms with E-state index in [2.05, 4.69) is 36.5 Å². The molecular formula is C19H35NO. The first-order valence-electron chi connectivity index (χ1n) is 9.03. The van der Waals surface area contributed by atoms with E-state index in [-0.39, 0.29) is 5.54 Å². The molecule has 1 aliphatic rings. The molecule has 0 amide bonds. The van der Waals surface area contributed by atoms with E-state index in [0.29, 0.717) is 6.61 Å². The topological polar surface area (TPSA) is 32.3 Å². The number of rotatable bonds is 13. The van der Waals surface area contributed by atoms with Gasteiger partial charge in [-0.15, -0.1) is 0 Å². The Kier molecular flexibility index (Phi) is 10.5. The Morgan fingerprint density at radius 3 is 2.05 bits per heavy atom. The lowest BCUT2D eigenvalue weighted by Crippen LogP contribution is -2.43. The lowest BCUT2D eigenvalue weighted by Gasteiger charge is -2.31. The van der Waals surface area contributed by atoms with Crippen molar-refractivity contribution < 1.29 is 5.11 Å². The molecule has 21 heavy (non-hydrogen) atoms. The van der Waals surface area contributed by atoms with Crippen LogP contribution in [0.3, 0.4) is 0 Å². The molecule has 2 heteroatoms. The zero-order chi connectivity index (χ0) is 15.2. The summed E-state index contributed by atoms with van der Waals surface area (Å²) in [6.07, 6.45) is 22.8. The van der Waals surface area contributed by atoms with Crippen molar-refractivity contribution in [3.05, 3.63) is 24.3 Å². The van der Waals surface area contributed by atoms with E-state index < -0.39 is 0 Å². The number of hydrogen-bond acceptors (Lipinski definition) is 2. The van der Waals surface area contributed by atoms with E-state index in [9.17, 15) is 0 Å². The van der Waals surface area contributed by atoms with Crippen molar-refractivity contribution in [3.8, 4) is 0 Å². The van der Waals surface area contributed by atoms with Crippen LogP contribution in [0.5, 0.6) is 0 Å². The molecule has 0 aromatic rings. The molecule has 0 heterocycles. The fourth-order valence-electron chi connectivity index (χ4n) is 2.99. The van der Waals surface area contributed by atoms with E-state index in [0.717, 1.165) is 19.4 Å². The molecule has 0 bridgehead atoms. The van der Waals surface area contributed by atoms with Crippen molar-refractivity contribution in [2.24, 2.45) is 0 Å². The molecule has 0 fully saturated rings. The normalized spacial score (nSPS) is 21.0. The second-order valence-corrected chi connectivity index (χ2v) is 6.33. The van der Waals surface area contributed by atoms with Gasteiger partial charge in [0.15, 0.2) is 0 Å². The molecule has 2 nitrogen and oxygen atoms in total. The molecule has 0 saturated heterocycles. The number of allylic oxidation sites excluding steroid dienone is 2. The van der Waals surface area contributed by atoms with Gasteiger partial charge in [0.1, 0.15) is 0 Å². The molecule has 0 aliphatic heterocycles. The van der Waals surface area contributed by atoms with E-state index >= 15 is 0 Å². The summed E-state index contributed by atoms with van der Waals surface area (Å²) in [6.45, 7) is 3.77. The minimum atomic E-state index is 0.224. The van der Waals surface area contributed by atoms with Gasteiger partial charge in [0.05, 0.1) is 0 Å². The molecule has 1 aliphatic carbocycles. The van der Waals surface area contributed by atoms with E-state index in [1.807, 2.05) is 0 Å². The molecule has 0 aromatic heterocycles. The highest BCUT2D eigenvalue weighted by molar-refractivity contribution is 5.20. The van der Waals surface area contributed by atoms with Gasteiger partial charge >= 0.3 is 0 Å². The highest BCUT2D eigenvalue weighted by atomic mass is 16.2. The summed E-state index contributed by atoms with van der Waals surface area (Å²) in [6, 6.07) is 0. The smallest absolute Gasteiger partial charge is 0.0431 e. The number of aliphatic hydroxyl groups excluding tert-OH is 1. The van der Waals surface area contributed by atoms with Crippen molar-refractivity contribution in [1.29, 1.82) is 0 Å². The Morgan fingerprint density at radius 1 is 0.905 bits per heavy atom. The van der Waals surface area contributed by atoms with Gasteiger partial charge in [0.25, 0.3) is 0 Å². The van der Waals surface area contributed by atoms with Crippen LogP contribution in [0.1, 0.15) is 77.6 Å². The summed E-state index contributed by atoms with van der Waals surface area (Å²) in [5.74, 6) is 0. The van der Waals surface area contributed by atoms with Crippen molar-refractivity contribution in [2.45, 2.75) is 83.1 Å². The molecule has 122 valence electrons. The second-order valence-electron chi connectivity index (χ2n) is 6.33. The van der Waals surface area contributed by atoms with E-state index in [1.165, 1.54) is 57.8 Å². The maximum absolute atomic E-state index is 8.71. The van der Waals surface area contributed by atoms with Crippen LogP contribution in [-0.2, 0) is 0 Å². The van der Waals surface area contributed by atoms with Crippen LogP contribution in [-0.4, -0.2) is 23.8 Å². The number of unbranched alkanes of at least 4 members (excludes halogenated alkanes) is 8. The fraction of sp³-hybridized carbons (Fsp3) is 0.789. The molecule has 0 radical (unpaired) electrons. The third kappa shape index (κ3) is 8.43. The van der Waals surface area contributed by atoms with Gasteiger partial charge in [-0.3, -0.25) is 0 Å². The third-order valence-corrected chi connectivity index (χ3v) is 4.59. The molecule has 0 saturated carbocycles. The van der Waals surface area contributed by atoms with Gasteiger partial charge in [0, 0.05) is 12.1 Å². The Morgan fingerprint density at radius 2 is 1.52 bits per heavy atom. The molecule has 1 atom stereocenters. The van der Waals surface area contributed by atoms with Crippen LogP contribution in [0.4, 0.5) is 0 Å². The molecule has 1 rings (SSSR count). The van der Waals surface area contributed by atoms with Gasteiger partial charge < -0.3 is 10.4 Å². The van der Waals surface area contributed by atoms with E-state index in [1.54, 1.807) is 0 Å². The molecule has 1 unspecified atom stereocenters. The maximum Gasteiger partial charge on any atom is 0.0431 e. The van der Waals surface area contributed by atoms with Gasteiger partial charge in [0.2, 0.25) is 0 Å². The van der Waals surface area contributed by atoms with Crippen LogP contribution in [0.15, 0.2) is 24.3 Å². The summed E-state index contributed by atoms with van der Waals surface area (Å²) in [7, 11) is 0. The van der Waals surface area contributed by atoms with Crippen LogP contribution in [0, 0.1) is 0 Å². The average Bonchev–Trinajstić information content (AvgIpc) is 2.53. The summed E-state index contributed by atoms with van der Waals surface area (Å²) < 4.78 is 0. The zero-order valence-corrected chi connectivity index (χ0v) is 13.9. The first kappa shape index (κ1) is 18.4. The van der Waals surface area contributed by atoms with Crippen LogP contribution in [0.2, 0.25) is 0 Å². The highest BCUT2D eigenvalue weighted by Gasteiger charge is 2.23. The van der Waals surface area contributed by atoms with Crippen LogP contribution >= 0.6 is 0 Å². The van der Waals surface area contributed by atoms with Crippen molar-refractivity contribution in [3.63, 3.8) is 0 Å². The van der Waals surface area contributed by atoms with Crippen molar-refractivity contribution >= 4 is 0 Å². The SMILES string of the molecule is CCC1(NCCCCCCCCCCCO)C=CC=CC1. The number of aliphatic hydroxyl groups is 1. The lowest BCUT2D eigenvalue weighted by atomic mass is 9.88. The van der Waals surface area contributed by atoms with E-state index in [4.69, 9.17) is 5.11 Å². The summed E-state index contributed by atoms with van der Waals surface area (Å²) in [5.41, 5.74) is 0.224. The second kappa shape index (κ2) is 12.0. The fourth-order valence-corrected chi connectivity index (χ4v) is 2.99. The van der Waals surface area contributed by atoms with Crippen LogP contribution in [0.25, 0.3) is 0 Å². The first-order chi connectivity index (χ1) is 10.3. The third-order valence-electron chi connectivity index (χ3n) is 4.59. The molecule has 2 N–H and O–H groups in total. The van der Waals surface area contributed by atoms with Crippen LogP contribution < -0.4 is 5.32 Å². The monoisotopic (exact) mass is 293 g/mol. The minimum absolute atomic E-state index is 0.224. The predicted octanol–water partition coefficient (Wildman–Crippen LogP) is 4.74. The Labute approximate surface area is 131 Å². The Bertz CT molecular complexity index is 298. The molecular weight excluding hydrogens is 258 g/mol. The number of hydrogen-bond donors (Lipinski definition) is 2. The zero-order valence-electron chi connectivity index (χ0n) is 13.9. The van der Waals surface area contributed by atoms with Gasteiger partial charge in [-0.2, -0.15) is 0 Å². The Balaban J connectivity index is 1.90. The standard InChI is InChI=1S/C19H35NO/c1-2-19(15-11-10-12-16-19)20-17-13-8-6-4-3-5-7-9-14-18-21/h10-12,15,20-21H,2-9,13-14,16-18H2,1H3. The van der Waals surface area contributed by atoms with Gasteiger partial charge in [-0.05, 0) is 32.2 Å². The van der Waals surface area contributed by atoms with Crippen molar-refractivity contribution in [2.75, 3.05) is 13.2 Å². The quantitative estimate of drug-likeness (QED) is 0.481. The molecule has 0 aromatic carbocycles. The summed E-state index contributed by atoms with van der Waals surface area (Å²) in [4.78, 5) is 0. The number of nitrogens with one attached hydrogen (secondary N) is 1. The maximum atomic E-state index is 8.71. The molecule has 0 spiro atoms. The average molecular weight is 293 g/mol.